The molecule has 27 heavy (non-hydrogen) atoms. The lowest BCUT2D eigenvalue weighted by molar-refractivity contribution is -0.128. The van der Waals surface area contributed by atoms with Gasteiger partial charge in [0.25, 0.3) is 0 Å². The summed E-state index contributed by atoms with van der Waals surface area (Å²) in [6, 6.07) is 10.8. The number of nitrogens with zero attached hydrogens (tertiary/aromatic N) is 2. The van der Waals surface area contributed by atoms with Crippen molar-refractivity contribution in [3.05, 3.63) is 54.1 Å². The summed E-state index contributed by atoms with van der Waals surface area (Å²) in [5.74, 6) is 2.28. The molecule has 5 nitrogen and oxygen atoms in total. The van der Waals surface area contributed by atoms with Crippen molar-refractivity contribution in [3.63, 3.8) is 0 Å². The molecule has 1 aromatic heterocycles. The monoisotopic (exact) mass is 366 g/mol. The quantitative estimate of drug-likeness (QED) is 0.826. The second-order valence-electron chi connectivity index (χ2n) is 8.19. The summed E-state index contributed by atoms with van der Waals surface area (Å²) in [7, 11) is 0. The number of rotatable bonds is 6. The molecule has 2 aliphatic rings. The van der Waals surface area contributed by atoms with Crippen molar-refractivity contribution in [2.24, 2.45) is 23.5 Å². The second-order valence-corrected chi connectivity index (χ2v) is 8.19. The lowest BCUT2D eigenvalue weighted by Crippen LogP contribution is -2.49. The Hall–Kier alpha value is -2.14. The van der Waals surface area contributed by atoms with E-state index in [9.17, 15) is 4.79 Å². The van der Waals surface area contributed by atoms with Gasteiger partial charge in [-0.2, -0.15) is 0 Å². The van der Waals surface area contributed by atoms with Gasteiger partial charge in [-0.25, -0.2) is 4.98 Å². The van der Waals surface area contributed by atoms with Gasteiger partial charge < -0.3 is 15.6 Å². The van der Waals surface area contributed by atoms with E-state index in [4.69, 9.17) is 5.73 Å². The summed E-state index contributed by atoms with van der Waals surface area (Å²) in [6.45, 7) is 1.37. The van der Waals surface area contributed by atoms with Gasteiger partial charge in [0, 0.05) is 30.9 Å². The fourth-order valence-corrected chi connectivity index (χ4v) is 4.92. The molecule has 2 aromatic rings. The molecule has 2 unspecified atom stereocenters. The highest BCUT2D eigenvalue weighted by molar-refractivity contribution is 5.78. The Morgan fingerprint density at radius 2 is 1.93 bits per heavy atom. The Labute approximate surface area is 161 Å². The molecule has 0 saturated heterocycles. The Morgan fingerprint density at radius 3 is 2.67 bits per heavy atom. The smallest absolute Gasteiger partial charge is 0.223 e. The average Bonchev–Trinajstić information content (AvgIpc) is 3.12. The van der Waals surface area contributed by atoms with E-state index in [1.165, 1.54) is 24.8 Å². The van der Waals surface area contributed by atoms with E-state index < -0.39 is 0 Å². The standard InChI is InChI=1S/C22H30N4O/c23-21-17-7-4-8-18(21)14-19(13-17)22(27)25-15-20-24-10-12-26(20)11-9-16-5-2-1-3-6-16/h1-3,5-6,10,12,17-19,21H,4,7-9,11,13-15,23H2,(H,25,27). The third-order valence-corrected chi connectivity index (χ3v) is 6.49. The number of fused-ring (bicyclic) bond motifs is 2. The lowest BCUT2D eigenvalue weighted by atomic mass is 9.65. The minimum absolute atomic E-state index is 0.118. The van der Waals surface area contributed by atoms with E-state index in [1.54, 1.807) is 0 Å². The number of carbonyl (C=O) groups excluding carboxylic acids is 1. The van der Waals surface area contributed by atoms with Crippen LogP contribution in [0.25, 0.3) is 0 Å². The summed E-state index contributed by atoms with van der Waals surface area (Å²) in [5.41, 5.74) is 7.67. The van der Waals surface area contributed by atoms with Crippen LogP contribution in [0.15, 0.2) is 42.7 Å². The van der Waals surface area contributed by atoms with Crippen LogP contribution in [0.2, 0.25) is 0 Å². The third-order valence-electron chi connectivity index (χ3n) is 6.49. The molecule has 0 radical (unpaired) electrons. The Morgan fingerprint density at radius 1 is 1.19 bits per heavy atom. The molecule has 4 rings (SSSR count). The van der Waals surface area contributed by atoms with E-state index in [1.807, 2.05) is 18.5 Å². The normalized spacial score (nSPS) is 27.3. The lowest BCUT2D eigenvalue weighted by Gasteiger charge is -2.43. The molecule has 2 aliphatic carbocycles. The minimum Gasteiger partial charge on any atom is -0.349 e. The highest BCUT2D eigenvalue weighted by Crippen LogP contribution is 2.41. The molecular formula is C22H30N4O. The molecule has 2 fully saturated rings. The largest absolute Gasteiger partial charge is 0.349 e. The molecule has 144 valence electrons. The molecule has 1 aromatic carbocycles. The molecule has 0 spiro atoms. The molecule has 5 heteroatoms. The maximum Gasteiger partial charge on any atom is 0.223 e. The van der Waals surface area contributed by atoms with Gasteiger partial charge in [0.2, 0.25) is 5.91 Å². The van der Waals surface area contributed by atoms with Gasteiger partial charge in [-0.3, -0.25) is 4.79 Å². The van der Waals surface area contributed by atoms with Crippen LogP contribution in [0.5, 0.6) is 0 Å². The second kappa shape index (κ2) is 8.26. The van der Waals surface area contributed by atoms with Gasteiger partial charge in [-0.1, -0.05) is 36.8 Å². The number of carbonyl (C=O) groups is 1. The number of aromatic nitrogens is 2. The van der Waals surface area contributed by atoms with Crippen LogP contribution in [-0.4, -0.2) is 21.5 Å². The fraction of sp³-hybridized carbons (Fsp3) is 0.545. The first kappa shape index (κ1) is 18.2. The van der Waals surface area contributed by atoms with Gasteiger partial charge in [0.15, 0.2) is 0 Å². The van der Waals surface area contributed by atoms with Crippen LogP contribution in [0, 0.1) is 17.8 Å². The van der Waals surface area contributed by atoms with Crippen LogP contribution in [0.1, 0.15) is 43.5 Å². The van der Waals surface area contributed by atoms with Crippen molar-refractivity contribution in [1.29, 1.82) is 0 Å². The molecule has 2 atom stereocenters. The number of nitrogens with two attached hydrogens (primary N) is 1. The average molecular weight is 367 g/mol. The summed E-state index contributed by atoms with van der Waals surface area (Å²) in [6.07, 6.45) is 10.3. The first-order chi connectivity index (χ1) is 13.2. The van der Waals surface area contributed by atoms with E-state index >= 15 is 0 Å². The summed E-state index contributed by atoms with van der Waals surface area (Å²) in [4.78, 5) is 17.2. The van der Waals surface area contributed by atoms with E-state index in [-0.39, 0.29) is 11.8 Å². The first-order valence-corrected chi connectivity index (χ1v) is 10.3. The number of benzene rings is 1. The molecular weight excluding hydrogens is 336 g/mol. The van der Waals surface area contributed by atoms with Crippen LogP contribution in [-0.2, 0) is 24.3 Å². The van der Waals surface area contributed by atoms with Gasteiger partial charge in [-0.05, 0) is 49.5 Å². The van der Waals surface area contributed by atoms with E-state index in [0.29, 0.717) is 24.4 Å². The fourth-order valence-electron chi connectivity index (χ4n) is 4.92. The number of amides is 1. The Kier molecular flexibility index (Phi) is 5.58. The number of nitrogens with one attached hydrogen (secondary N) is 1. The van der Waals surface area contributed by atoms with E-state index in [0.717, 1.165) is 31.6 Å². The van der Waals surface area contributed by atoms with Gasteiger partial charge in [0.05, 0.1) is 6.54 Å². The number of hydrogen-bond acceptors (Lipinski definition) is 3. The number of aryl methyl sites for hydroxylation is 2. The molecule has 3 N–H and O–H groups in total. The van der Waals surface area contributed by atoms with Crippen molar-refractivity contribution >= 4 is 5.91 Å². The van der Waals surface area contributed by atoms with Crippen molar-refractivity contribution in [2.75, 3.05) is 0 Å². The van der Waals surface area contributed by atoms with Crippen molar-refractivity contribution in [2.45, 2.75) is 57.7 Å². The number of imidazole rings is 1. The van der Waals surface area contributed by atoms with Crippen molar-refractivity contribution < 1.29 is 4.79 Å². The summed E-state index contributed by atoms with van der Waals surface area (Å²) < 4.78 is 2.14. The topological polar surface area (TPSA) is 72.9 Å². The van der Waals surface area contributed by atoms with Crippen LogP contribution in [0.3, 0.4) is 0 Å². The Balaban J connectivity index is 1.30. The SMILES string of the molecule is NC1C2CCCC1CC(C(=O)NCc1nccn1CCc1ccccc1)C2. The predicted octanol–water partition coefficient (Wildman–Crippen LogP) is 2.90. The highest BCUT2D eigenvalue weighted by Gasteiger charge is 2.40. The van der Waals surface area contributed by atoms with Gasteiger partial charge >= 0.3 is 0 Å². The maximum absolute atomic E-state index is 12.7. The molecule has 2 bridgehead atoms. The Bertz CT molecular complexity index is 743. The maximum atomic E-state index is 12.7. The molecule has 1 heterocycles. The predicted molar refractivity (Wildman–Crippen MR) is 106 cm³/mol. The van der Waals surface area contributed by atoms with Gasteiger partial charge in [0.1, 0.15) is 5.82 Å². The van der Waals surface area contributed by atoms with Crippen LogP contribution in [0.4, 0.5) is 0 Å². The zero-order valence-electron chi connectivity index (χ0n) is 15.9. The summed E-state index contributed by atoms with van der Waals surface area (Å²) >= 11 is 0. The molecule has 1 amide bonds. The van der Waals surface area contributed by atoms with Crippen molar-refractivity contribution in [3.8, 4) is 0 Å². The molecule has 2 saturated carbocycles. The number of hydrogen-bond donors (Lipinski definition) is 2. The zero-order valence-corrected chi connectivity index (χ0v) is 15.9. The minimum atomic E-state index is 0.118. The van der Waals surface area contributed by atoms with Crippen LogP contribution < -0.4 is 11.1 Å². The zero-order chi connectivity index (χ0) is 18.6. The summed E-state index contributed by atoms with van der Waals surface area (Å²) in [5, 5.41) is 3.13. The third kappa shape index (κ3) is 4.24. The van der Waals surface area contributed by atoms with E-state index in [2.05, 4.69) is 39.1 Å². The first-order valence-electron chi connectivity index (χ1n) is 10.3. The van der Waals surface area contributed by atoms with Crippen LogP contribution >= 0.6 is 0 Å². The highest BCUT2D eigenvalue weighted by atomic mass is 16.1. The van der Waals surface area contributed by atoms with Gasteiger partial charge in [-0.15, -0.1) is 0 Å². The molecule has 0 aliphatic heterocycles. The van der Waals surface area contributed by atoms with Crippen molar-refractivity contribution in [1.82, 2.24) is 14.9 Å².